The smallest absolute Gasteiger partial charge is 0.243 e. The van der Waals surface area contributed by atoms with Gasteiger partial charge in [0, 0.05) is 29.8 Å². The Morgan fingerprint density at radius 2 is 1.68 bits per heavy atom. The van der Waals surface area contributed by atoms with Gasteiger partial charge in [-0.05, 0) is 54.2 Å². The first-order valence-corrected chi connectivity index (χ1v) is 14.5. The molecule has 1 unspecified atom stereocenters. The van der Waals surface area contributed by atoms with Gasteiger partial charge in [-0.3, -0.25) is 9.59 Å². The Bertz CT molecular complexity index is 1180. The van der Waals surface area contributed by atoms with Crippen LogP contribution in [0.15, 0.2) is 78.9 Å². The number of rotatable bonds is 11. The molecule has 3 aromatic carbocycles. The Morgan fingerprint density at radius 3 is 2.41 bits per heavy atom. The quantitative estimate of drug-likeness (QED) is 0.302. The van der Waals surface area contributed by atoms with Gasteiger partial charge in [0.25, 0.3) is 0 Å². The van der Waals surface area contributed by atoms with Crippen molar-refractivity contribution in [2.75, 3.05) is 5.75 Å². The van der Waals surface area contributed by atoms with Gasteiger partial charge in [-0.25, -0.2) is 0 Å². The number of benzene rings is 3. The zero-order chi connectivity index (χ0) is 26.0. The molecule has 2 amide bonds. The van der Waals surface area contributed by atoms with Crippen molar-refractivity contribution < 1.29 is 9.59 Å². The van der Waals surface area contributed by atoms with Crippen LogP contribution in [-0.4, -0.2) is 34.6 Å². The largest absolute Gasteiger partial charge is 0.352 e. The van der Waals surface area contributed by atoms with Gasteiger partial charge in [0.2, 0.25) is 11.8 Å². The van der Waals surface area contributed by atoms with Crippen LogP contribution in [0.25, 0.3) is 0 Å². The molecule has 4 rings (SSSR count). The molecule has 3 aromatic rings. The number of carbonyl (C=O) groups excluding carboxylic acids is 2. The van der Waals surface area contributed by atoms with Gasteiger partial charge < -0.3 is 10.2 Å². The third-order valence-electron chi connectivity index (χ3n) is 6.96. The highest BCUT2D eigenvalue weighted by atomic mass is 35.5. The number of amides is 2. The van der Waals surface area contributed by atoms with Crippen LogP contribution in [0.1, 0.15) is 47.9 Å². The average molecular weight is 535 g/mol. The summed E-state index contributed by atoms with van der Waals surface area (Å²) >= 11 is 7.86. The Balaban J connectivity index is 1.57. The minimum Gasteiger partial charge on any atom is -0.352 e. The van der Waals surface area contributed by atoms with E-state index >= 15 is 0 Å². The molecule has 1 N–H and O–H groups in total. The van der Waals surface area contributed by atoms with Crippen molar-refractivity contribution in [3.8, 4) is 0 Å². The van der Waals surface area contributed by atoms with E-state index in [1.54, 1.807) is 16.7 Å². The van der Waals surface area contributed by atoms with Crippen LogP contribution in [0.2, 0.25) is 5.02 Å². The highest BCUT2D eigenvalue weighted by molar-refractivity contribution is 7.99. The molecule has 37 heavy (non-hydrogen) atoms. The number of hydrogen-bond acceptors (Lipinski definition) is 3. The van der Waals surface area contributed by atoms with Gasteiger partial charge in [-0.1, -0.05) is 91.2 Å². The maximum Gasteiger partial charge on any atom is 0.243 e. The summed E-state index contributed by atoms with van der Waals surface area (Å²) in [4.78, 5) is 29.2. The zero-order valence-corrected chi connectivity index (χ0v) is 22.9. The Morgan fingerprint density at radius 1 is 0.973 bits per heavy atom. The summed E-state index contributed by atoms with van der Waals surface area (Å²) in [5.74, 6) is 0.939. The summed E-state index contributed by atoms with van der Waals surface area (Å²) in [5.41, 5.74) is 4.39. The molecular weight excluding hydrogens is 500 g/mol. The lowest BCUT2D eigenvalue weighted by Gasteiger charge is -2.32. The average Bonchev–Trinajstić information content (AvgIpc) is 3.41. The fraction of sp³-hybridized carbons (Fsp3) is 0.355. The SMILES string of the molecule is Cc1ccccc1CSCC(=O)N(Cc1cccc(Cl)c1)C(Cc1ccccc1)C(=O)NC1CCCC1. The first-order chi connectivity index (χ1) is 18.0. The van der Waals surface area contributed by atoms with Crippen molar-refractivity contribution >= 4 is 35.2 Å². The molecule has 1 saturated carbocycles. The fourth-order valence-electron chi connectivity index (χ4n) is 4.86. The molecule has 0 spiro atoms. The van der Waals surface area contributed by atoms with Crippen molar-refractivity contribution in [2.24, 2.45) is 0 Å². The number of carbonyl (C=O) groups is 2. The molecule has 1 fully saturated rings. The lowest BCUT2D eigenvalue weighted by Crippen LogP contribution is -2.52. The van der Waals surface area contributed by atoms with Gasteiger partial charge in [0.15, 0.2) is 0 Å². The monoisotopic (exact) mass is 534 g/mol. The van der Waals surface area contributed by atoms with E-state index in [4.69, 9.17) is 11.6 Å². The van der Waals surface area contributed by atoms with Crippen LogP contribution in [0.4, 0.5) is 0 Å². The molecule has 0 aromatic heterocycles. The summed E-state index contributed by atoms with van der Waals surface area (Å²) in [6.45, 7) is 2.42. The van der Waals surface area contributed by atoms with Gasteiger partial charge in [0.1, 0.15) is 6.04 Å². The first-order valence-electron chi connectivity index (χ1n) is 13.0. The molecular formula is C31H35ClN2O2S. The van der Waals surface area contributed by atoms with Crippen molar-refractivity contribution in [1.82, 2.24) is 10.2 Å². The molecule has 4 nitrogen and oxygen atoms in total. The number of hydrogen-bond donors (Lipinski definition) is 1. The van der Waals surface area contributed by atoms with E-state index in [0.717, 1.165) is 42.6 Å². The van der Waals surface area contributed by atoms with Gasteiger partial charge in [-0.15, -0.1) is 11.8 Å². The Labute approximate surface area is 229 Å². The van der Waals surface area contributed by atoms with E-state index < -0.39 is 6.04 Å². The van der Waals surface area contributed by atoms with Gasteiger partial charge >= 0.3 is 0 Å². The van der Waals surface area contributed by atoms with Crippen molar-refractivity contribution in [1.29, 1.82) is 0 Å². The van der Waals surface area contributed by atoms with Crippen LogP contribution in [0.3, 0.4) is 0 Å². The van der Waals surface area contributed by atoms with Crippen LogP contribution in [0, 0.1) is 6.92 Å². The van der Waals surface area contributed by atoms with Crippen molar-refractivity contribution in [2.45, 2.75) is 63.4 Å². The summed E-state index contributed by atoms with van der Waals surface area (Å²) in [5, 5.41) is 3.87. The van der Waals surface area contributed by atoms with Gasteiger partial charge in [-0.2, -0.15) is 0 Å². The molecule has 1 aliphatic rings. The maximum absolute atomic E-state index is 13.8. The molecule has 194 valence electrons. The molecule has 0 heterocycles. The standard InChI is InChI=1S/C31H35ClN2O2S/c1-23-10-5-6-14-26(23)21-37-22-30(35)34(20-25-13-9-15-27(32)18-25)29(19-24-11-3-2-4-12-24)31(36)33-28-16-7-8-17-28/h2-6,9-15,18,28-29H,7-8,16-17,19-22H2,1H3,(H,33,36). The predicted octanol–water partition coefficient (Wildman–Crippen LogP) is 6.58. The second-order valence-corrected chi connectivity index (χ2v) is 11.2. The highest BCUT2D eigenvalue weighted by Gasteiger charge is 2.32. The summed E-state index contributed by atoms with van der Waals surface area (Å²) < 4.78 is 0. The van der Waals surface area contributed by atoms with Gasteiger partial charge in [0.05, 0.1) is 5.75 Å². The predicted molar refractivity (Wildman–Crippen MR) is 154 cm³/mol. The normalized spacial score (nSPS) is 14.3. The molecule has 0 radical (unpaired) electrons. The zero-order valence-electron chi connectivity index (χ0n) is 21.4. The van der Waals surface area contributed by atoms with Crippen LogP contribution in [0.5, 0.6) is 0 Å². The van der Waals surface area contributed by atoms with Crippen LogP contribution >= 0.6 is 23.4 Å². The van der Waals surface area contributed by atoms with Crippen LogP contribution < -0.4 is 5.32 Å². The number of nitrogens with zero attached hydrogens (tertiary/aromatic N) is 1. The van der Waals surface area contributed by atoms with Crippen molar-refractivity contribution in [3.63, 3.8) is 0 Å². The second kappa shape index (κ2) is 13.7. The molecule has 1 aliphatic carbocycles. The molecule has 0 aliphatic heterocycles. The van der Waals surface area contributed by atoms with Crippen LogP contribution in [-0.2, 0) is 28.3 Å². The minimum absolute atomic E-state index is 0.0407. The number of aryl methyl sites for hydroxylation is 1. The van der Waals surface area contributed by atoms with E-state index in [0.29, 0.717) is 23.7 Å². The minimum atomic E-state index is -0.603. The first kappa shape index (κ1) is 27.3. The Hall–Kier alpha value is -2.76. The van der Waals surface area contributed by atoms with E-state index in [1.807, 2.05) is 66.7 Å². The second-order valence-electron chi connectivity index (χ2n) is 9.77. The van der Waals surface area contributed by atoms with E-state index in [-0.39, 0.29) is 17.9 Å². The molecule has 0 bridgehead atoms. The third kappa shape index (κ3) is 8.11. The summed E-state index contributed by atoms with van der Waals surface area (Å²) in [6.07, 6.45) is 4.73. The number of halogens is 1. The summed E-state index contributed by atoms with van der Waals surface area (Å²) in [7, 11) is 0. The molecule has 6 heteroatoms. The van der Waals surface area contributed by atoms with E-state index in [9.17, 15) is 9.59 Å². The highest BCUT2D eigenvalue weighted by Crippen LogP contribution is 2.22. The fourth-order valence-corrected chi connectivity index (χ4v) is 6.06. The van der Waals surface area contributed by atoms with E-state index in [1.165, 1.54) is 11.1 Å². The topological polar surface area (TPSA) is 49.4 Å². The lowest BCUT2D eigenvalue weighted by atomic mass is 10.0. The van der Waals surface area contributed by atoms with Crippen molar-refractivity contribution in [3.05, 3.63) is 106 Å². The molecule has 0 saturated heterocycles. The molecule has 1 atom stereocenters. The number of thioether (sulfide) groups is 1. The Kier molecular flexibility index (Phi) is 10.1. The third-order valence-corrected chi connectivity index (χ3v) is 8.16. The van der Waals surface area contributed by atoms with E-state index in [2.05, 4.69) is 24.4 Å². The summed E-state index contributed by atoms with van der Waals surface area (Å²) in [6, 6.07) is 25.3. The lowest BCUT2D eigenvalue weighted by molar-refractivity contribution is -0.139. The maximum atomic E-state index is 13.8. The number of nitrogens with one attached hydrogen (secondary N) is 1.